The smallest absolute Gasteiger partial charge is 0.120 e. The van der Waals surface area contributed by atoms with Gasteiger partial charge in [-0.1, -0.05) is 47.7 Å². The van der Waals surface area contributed by atoms with Gasteiger partial charge in [-0.2, -0.15) is 0 Å². The van der Waals surface area contributed by atoms with Crippen LogP contribution in [0.1, 0.15) is 38.5 Å². The Morgan fingerprint density at radius 2 is 2.06 bits per heavy atom. The molecule has 1 saturated carbocycles. The van der Waals surface area contributed by atoms with Crippen LogP contribution in [-0.4, -0.2) is 6.61 Å². The molecule has 1 aliphatic rings. The highest BCUT2D eigenvalue weighted by Crippen LogP contribution is 2.28. The molecule has 1 nitrogen and oxygen atoms in total. The Balaban J connectivity index is 1.64. The lowest BCUT2D eigenvalue weighted by Crippen LogP contribution is -2.01. The monoisotopic (exact) mass is 282 g/mol. The minimum atomic E-state index is 0.854. The molecule has 1 aromatic carbocycles. The first-order chi connectivity index (χ1) is 7.84. The van der Waals surface area contributed by atoms with Gasteiger partial charge in [0.05, 0.1) is 6.61 Å². The Hall–Kier alpha value is -0.500. The van der Waals surface area contributed by atoms with Gasteiger partial charge in [-0.15, -0.1) is 0 Å². The Morgan fingerprint density at radius 1 is 1.25 bits per heavy atom. The van der Waals surface area contributed by atoms with Gasteiger partial charge in [0.1, 0.15) is 5.75 Å². The van der Waals surface area contributed by atoms with Gasteiger partial charge in [-0.05, 0) is 37.0 Å². The van der Waals surface area contributed by atoms with E-state index in [0.29, 0.717) is 0 Å². The Morgan fingerprint density at radius 3 is 2.81 bits per heavy atom. The quantitative estimate of drug-likeness (QED) is 0.705. The van der Waals surface area contributed by atoms with Crippen LogP contribution in [0.5, 0.6) is 5.75 Å². The van der Waals surface area contributed by atoms with Crippen molar-refractivity contribution in [3.63, 3.8) is 0 Å². The molecule has 0 amide bonds. The third-order valence-corrected chi connectivity index (χ3v) is 3.79. The molecule has 1 fully saturated rings. The van der Waals surface area contributed by atoms with E-state index in [0.717, 1.165) is 22.7 Å². The van der Waals surface area contributed by atoms with E-state index < -0.39 is 0 Å². The number of rotatable bonds is 5. The molecule has 2 heteroatoms. The molecule has 16 heavy (non-hydrogen) atoms. The van der Waals surface area contributed by atoms with Crippen LogP contribution in [0.3, 0.4) is 0 Å². The molecule has 0 heterocycles. The number of halogens is 1. The summed E-state index contributed by atoms with van der Waals surface area (Å²) in [7, 11) is 0. The maximum Gasteiger partial charge on any atom is 0.120 e. The van der Waals surface area contributed by atoms with Gasteiger partial charge in [0, 0.05) is 4.47 Å². The molecule has 1 aromatic rings. The normalized spacial score (nSPS) is 16.6. The predicted octanol–water partition coefficient (Wildman–Crippen LogP) is 4.80. The average molecular weight is 283 g/mol. The van der Waals surface area contributed by atoms with Crippen molar-refractivity contribution in [3.8, 4) is 5.75 Å². The van der Waals surface area contributed by atoms with Crippen LogP contribution in [0.25, 0.3) is 0 Å². The van der Waals surface area contributed by atoms with E-state index in [4.69, 9.17) is 4.74 Å². The third-order valence-electron chi connectivity index (χ3n) is 3.30. The fraction of sp³-hybridized carbons (Fsp3) is 0.571. The summed E-state index contributed by atoms with van der Waals surface area (Å²) in [4.78, 5) is 0. The van der Waals surface area contributed by atoms with E-state index >= 15 is 0 Å². The molecule has 1 aliphatic carbocycles. The van der Waals surface area contributed by atoms with E-state index in [1.165, 1.54) is 38.5 Å². The molecule has 0 unspecified atom stereocenters. The maximum absolute atomic E-state index is 5.72. The van der Waals surface area contributed by atoms with Gasteiger partial charge in [-0.3, -0.25) is 0 Å². The molecular formula is C14H19BrO. The second-order valence-electron chi connectivity index (χ2n) is 4.60. The van der Waals surface area contributed by atoms with Gasteiger partial charge in [0.15, 0.2) is 0 Å². The highest BCUT2D eigenvalue weighted by atomic mass is 79.9. The molecule has 2 rings (SSSR count). The standard InChI is InChI=1S/C14H19BrO/c15-13-8-3-9-14(11-13)16-10-4-7-12-5-1-2-6-12/h3,8-9,11-12H,1-2,4-7,10H2. The SMILES string of the molecule is Brc1cccc(OCCCC2CCCC2)c1. The molecule has 0 aliphatic heterocycles. The van der Waals surface area contributed by atoms with Crippen LogP contribution in [0.2, 0.25) is 0 Å². The summed E-state index contributed by atoms with van der Waals surface area (Å²) in [6.45, 7) is 0.854. The Labute approximate surface area is 106 Å². The summed E-state index contributed by atoms with van der Waals surface area (Å²) in [6.07, 6.45) is 8.30. The van der Waals surface area contributed by atoms with Crippen molar-refractivity contribution >= 4 is 15.9 Å². The zero-order valence-corrected chi connectivity index (χ0v) is 11.2. The fourth-order valence-electron chi connectivity index (χ4n) is 2.42. The number of hydrogen-bond acceptors (Lipinski definition) is 1. The van der Waals surface area contributed by atoms with Crippen LogP contribution >= 0.6 is 15.9 Å². The van der Waals surface area contributed by atoms with Crippen LogP contribution in [0, 0.1) is 5.92 Å². The summed E-state index contributed by atoms with van der Waals surface area (Å²) in [5, 5.41) is 0. The first-order valence-corrected chi connectivity index (χ1v) is 7.02. The lowest BCUT2D eigenvalue weighted by molar-refractivity contribution is 0.292. The predicted molar refractivity (Wildman–Crippen MR) is 70.8 cm³/mol. The van der Waals surface area contributed by atoms with E-state index in [2.05, 4.69) is 15.9 Å². The highest BCUT2D eigenvalue weighted by Gasteiger charge is 2.13. The van der Waals surface area contributed by atoms with Gasteiger partial charge < -0.3 is 4.74 Å². The van der Waals surface area contributed by atoms with Crippen LogP contribution in [-0.2, 0) is 0 Å². The molecule has 0 N–H and O–H groups in total. The third kappa shape index (κ3) is 3.82. The van der Waals surface area contributed by atoms with Gasteiger partial charge in [0.25, 0.3) is 0 Å². The highest BCUT2D eigenvalue weighted by molar-refractivity contribution is 9.10. The minimum Gasteiger partial charge on any atom is -0.494 e. The van der Waals surface area contributed by atoms with Gasteiger partial charge in [-0.25, -0.2) is 0 Å². The van der Waals surface area contributed by atoms with E-state index in [1.54, 1.807) is 0 Å². The van der Waals surface area contributed by atoms with Crippen molar-refractivity contribution < 1.29 is 4.74 Å². The van der Waals surface area contributed by atoms with Crippen molar-refractivity contribution in [2.45, 2.75) is 38.5 Å². The zero-order valence-electron chi connectivity index (χ0n) is 9.62. The summed E-state index contributed by atoms with van der Waals surface area (Å²) in [5.74, 6) is 1.95. The summed E-state index contributed by atoms with van der Waals surface area (Å²) < 4.78 is 6.80. The van der Waals surface area contributed by atoms with Gasteiger partial charge >= 0.3 is 0 Å². The second kappa shape index (κ2) is 6.29. The number of ether oxygens (including phenoxy) is 1. The number of hydrogen-bond donors (Lipinski definition) is 0. The topological polar surface area (TPSA) is 9.23 Å². The summed E-state index contributed by atoms with van der Waals surface area (Å²) >= 11 is 3.44. The largest absolute Gasteiger partial charge is 0.494 e. The second-order valence-corrected chi connectivity index (χ2v) is 5.51. The summed E-state index contributed by atoms with van der Waals surface area (Å²) in [5.41, 5.74) is 0. The molecule has 88 valence electrons. The van der Waals surface area contributed by atoms with Crippen molar-refractivity contribution in [1.82, 2.24) is 0 Å². The Kier molecular flexibility index (Phi) is 4.70. The van der Waals surface area contributed by atoms with Crippen molar-refractivity contribution in [3.05, 3.63) is 28.7 Å². The molecule has 0 aromatic heterocycles. The lowest BCUT2D eigenvalue weighted by Gasteiger charge is -2.09. The van der Waals surface area contributed by atoms with Crippen molar-refractivity contribution in [2.75, 3.05) is 6.61 Å². The minimum absolute atomic E-state index is 0.854. The molecule has 0 atom stereocenters. The molecule has 0 saturated heterocycles. The molecule has 0 radical (unpaired) electrons. The van der Waals surface area contributed by atoms with Crippen LogP contribution in [0.15, 0.2) is 28.7 Å². The van der Waals surface area contributed by atoms with Crippen molar-refractivity contribution in [2.24, 2.45) is 5.92 Å². The number of benzene rings is 1. The average Bonchev–Trinajstić information content (AvgIpc) is 2.77. The molecule has 0 spiro atoms. The first-order valence-electron chi connectivity index (χ1n) is 6.23. The van der Waals surface area contributed by atoms with Crippen LogP contribution in [0.4, 0.5) is 0 Å². The molecular weight excluding hydrogens is 264 g/mol. The van der Waals surface area contributed by atoms with E-state index in [-0.39, 0.29) is 0 Å². The van der Waals surface area contributed by atoms with Crippen molar-refractivity contribution in [1.29, 1.82) is 0 Å². The molecule has 0 bridgehead atoms. The maximum atomic E-state index is 5.72. The Bertz CT molecular complexity index is 318. The van der Waals surface area contributed by atoms with E-state index in [9.17, 15) is 0 Å². The van der Waals surface area contributed by atoms with Crippen LogP contribution < -0.4 is 4.74 Å². The summed E-state index contributed by atoms with van der Waals surface area (Å²) in [6, 6.07) is 8.07. The fourth-order valence-corrected chi connectivity index (χ4v) is 2.80. The zero-order chi connectivity index (χ0) is 11.2. The lowest BCUT2D eigenvalue weighted by atomic mass is 10.0. The van der Waals surface area contributed by atoms with E-state index in [1.807, 2.05) is 24.3 Å². The first kappa shape index (κ1) is 12.0. The van der Waals surface area contributed by atoms with Gasteiger partial charge in [0.2, 0.25) is 0 Å².